The van der Waals surface area contributed by atoms with Crippen molar-refractivity contribution in [3.05, 3.63) is 89.5 Å². The number of benzene rings is 2. The van der Waals surface area contributed by atoms with Crippen molar-refractivity contribution in [3.63, 3.8) is 0 Å². The van der Waals surface area contributed by atoms with E-state index in [-0.39, 0.29) is 11.6 Å². The van der Waals surface area contributed by atoms with E-state index < -0.39 is 0 Å². The summed E-state index contributed by atoms with van der Waals surface area (Å²) in [5, 5.41) is 4.53. The first-order chi connectivity index (χ1) is 16.4. The number of aromatic nitrogens is 5. The van der Waals surface area contributed by atoms with E-state index in [4.69, 9.17) is 9.40 Å². The molecule has 8 nitrogen and oxygen atoms in total. The van der Waals surface area contributed by atoms with Crippen LogP contribution < -0.4 is 0 Å². The normalized spacial score (nSPS) is 11.3. The SMILES string of the molecule is Cc1nn(C)c(C)c1CN(Cc1nc2ccccc2n1C)C(=O)c1ncoc1-c1ccccc1. The van der Waals surface area contributed by atoms with Gasteiger partial charge in [-0.2, -0.15) is 5.10 Å². The predicted molar refractivity (Wildman–Crippen MR) is 129 cm³/mol. The Morgan fingerprint density at radius 3 is 2.44 bits per heavy atom. The lowest BCUT2D eigenvalue weighted by Gasteiger charge is -2.22. The highest BCUT2D eigenvalue weighted by molar-refractivity contribution is 5.97. The fraction of sp³-hybridized carbons (Fsp3) is 0.231. The number of imidazole rings is 1. The van der Waals surface area contributed by atoms with Gasteiger partial charge in [0.2, 0.25) is 0 Å². The highest BCUT2D eigenvalue weighted by Crippen LogP contribution is 2.26. The van der Waals surface area contributed by atoms with Crippen LogP contribution in [0.2, 0.25) is 0 Å². The first kappa shape index (κ1) is 21.6. The number of aryl methyl sites for hydroxylation is 3. The quantitative estimate of drug-likeness (QED) is 0.379. The van der Waals surface area contributed by atoms with Crippen LogP contribution in [0.5, 0.6) is 0 Å². The Morgan fingerprint density at radius 1 is 1.00 bits per heavy atom. The van der Waals surface area contributed by atoms with Gasteiger partial charge < -0.3 is 13.9 Å². The maximum atomic E-state index is 13.9. The van der Waals surface area contributed by atoms with Crippen molar-refractivity contribution in [1.29, 1.82) is 0 Å². The third-order valence-electron chi connectivity index (χ3n) is 6.31. The molecule has 0 radical (unpaired) electrons. The molecule has 0 aliphatic rings. The molecule has 34 heavy (non-hydrogen) atoms. The van der Waals surface area contributed by atoms with Crippen molar-refractivity contribution in [3.8, 4) is 11.3 Å². The molecule has 0 bridgehead atoms. The molecule has 2 aromatic carbocycles. The largest absolute Gasteiger partial charge is 0.443 e. The van der Waals surface area contributed by atoms with Gasteiger partial charge in [-0.15, -0.1) is 0 Å². The summed E-state index contributed by atoms with van der Waals surface area (Å²) < 4.78 is 9.52. The van der Waals surface area contributed by atoms with Crippen LogP contribution in [0.4, 0.5) is 0 Å². The summed E-state index contributed by atoms with van der Waals surface area (Å²) in [5.74, 6) is 1.03. The molecule has 0 saturated carbocycles. The van der Waals surface area contributed by atoms with Gasteiger partial charge in [-0.3, -0.25) is 9.48 Å². The van der Waals surface area contributed by atoms with Crippen molar-refractivity contribution < 1.29 is 9.21 Å². The van der Waals surface area contributed by atoms with Crippen LogP contribution in [0.25, 0.3) is 22.4 Å². The van der Waals surface area contributed by atoms with E-state index in [1.165, 1.54) is 6.39 Å². The van der Waals surface area contributed by atoms with Gasteiger partial charge in [-0.25, -0.2) is 9.97 Å². The Kier molecular flexibility index (Phi) is 5.49. The second-order valence-corrected chi connectivity index (χ2v) is 8.41. The molecule has 0 unspecified atom stereocenters. The fourth-order valence-electron chi connectivity index (χ4n) is 4.29. The van der Waals surface area contributed by atoms with Crippen molar-refractivity contribution in [2.24, 2.45) is 14.1 Å². The molecule has 5 aromatic rings. The van der Waals surface area contributed by atoms with E-state index >= 15 is 0 Å². The smallest absolute Gasteiger partial charge is 0.277 e. The second kappa shape index (κ2) is 8.62. The lowest BCUT2D eigenvalue weighted by atomic mass is 10.1. The van der Waals surface area contributed by atoms with E-state index in [1.54, 1.807) is 4.90 Å². The highest BCUT2D eigenvalue weighted by Gasteiger charge is 2.27. The second-order valence-electron chi connectivity index (χ2n) is 8.41. The van der Waals surface area contributed by atoms with Gasteiger partial charge in [-0.1, -0.05) is 42.5 Å². The molecule has 8 heteroatoms. The molecule has 0 N–H and O–H groups in total. The third kappa shape index (κ3) is 3.77. The zero-order chi connectivity index (χ0) is 23.8. The molecule has 0 aliphatic heterocycles. The van der Waals surface area contributed by atoms with Gasteiger partial charge in [0, 0.05) is 30.9 Å². The van der Waals surface area contributed by atoms with Crippen LogP contribution in [-0.2, 0) is 27.2 Å². The van der Waals surface area contributed by atoms with E-state index in [0.29, 0.717) is 18.8 Å². The van der Waals surface area contributed by atoms with Gasteiger partial charge >= 0.3 is 0 Å². The van der Waals surface area contributed by atoms with Crippen molar-refractivity contribution in [1.82, 2.24) is 29.2 Å². The lowest BCUT2D eigenvalue weighted by Crippen LogP contribution is -2.32. The topological polar surface area (TPSA) is 82.0 Å². The minimum absolute atomic E-state index is 0.220. The van der Waals surface area contributed by atoms with E-state index in [0.717, 1.165) is 39.4 Å². The first-order valence-electron chi connectivity index (χ1n) is 11.1. The Morgan fingerprint density at radius 2 is 1.74 bits per heavy atom. The summed E-state index contributed by atoms with van der Waals surface area (Å²) in [6, 6.07) is 17.5. The zero-order valence-corrected chi connectivity index (χ0v) is 19.7. The summed E-state index contributed by atoms with van der Waals surface area (Å²) in [7, 11) is 3.88. The van der Waals surface area contributed by atoms with Gasteiger partial charge in [0.15, 0.2) is 17.8 Å². The molecule has 172 valence electrons. The number of hydrogen-bond acceptors (Lipinski definition) is 5. The number of fused-ring (bicyclic) bond motifs is 1. The van der Waals surface area contributed by atoms with Crippen molar-refractivity contribution in [2.45, 2.75) is 26.9 Å². The minimum atomic E-state index is -0.220. The average Bonchev–Trinajstić information content (AvgIpc) is 3.52. The maximum Gasteiger partial charge on any atom is 0.277 e. The summed E-state index contributed by atoms with van der Waals surface area (Å²) in [6.07, 6.45) is 1.32. The minimum Gasteiger partial charge on any atom is -0.443 e. The predicted octanol–water partition coefficient (Wildman–Crippen LogP) is 4.42. The Labute approximate surface area is 197 Å². The molecule has 3 heterocycles. The third-order valence-corrected chi connectivity index (χ3v) is 6.31. The molecule has 1 amide bonds. The van der Waals surface area contributed by atoms with Gasteiger partial charge in [0.05, 0.1) is 29.8 Å². The standard InChI is InChI=1S/C26H26N6O2/c1-17-20(18(2)31(4)29-17)14-32(15-23-28-21-12-8-9-13-22(21)30(23)3)26(33)24-25(34-16-27-24)19-10-6-5-7-11-19/h5-13,16H,14-15H2,1-4H3. The number of para-hydroxylation sites is 2. The van der Waals surface area contributed by atoms with Crippen LogP contribution in [0, 0.1) is 13.8 Å². The summed E-state index contributed by atoms with van der Waals surface area (Å²) in [5.41, 5.74) is 5.93. The molecule has 0 atom stereocenters. The van der Waals surface area contributed by atoms with Gasteiger partial charge in [0.1, 0.15) is 5.82 Å². The molecule has 5 rings (SSSR count). The van der Waals surface area contributed by atoms with Gasteiger partial charge in [0.25, 0.3) is 5.91 Å². The molecular formula is C26H26N6O2. The van der Waals surface area contributed by atoms with Crippen LogP contribution in [-0.4, -0.2) is 35.1 Å². The Balaban J connectivity index is 1.56. The van der Waals surface area contributed by atoms with Gasteiger partial charge in [-0.05, 0) is 26.0 Å². The fourth-order valence-corrected chi connectivity index (χ4v) is 4.29. The van der Waals surface area contributed by atoms with Crippen molar-refractivity contribution >= 4 is 16.9 Å². The van der Waals surface area contributed by atoms with E-state index in [1.807, 2.05) is 91.8 Å². The van der Waals surface area contributed by atoms with Crippen molar-refractivity contribution in [2.75, 3.05) is 0 Å². The van der Waals surface area contributed by atoms with E-state index in [9.17, 15) is 4.79 Å². The average molecular weight is 455 g/mol. The monoisotopic (exact) mass is 454 g/mol. The van der Waals surface area contributed by atoms with Crippen LogP contribution in [0.3, 0.4) is 0 Å². The van der Waals surface area contributed by atoms with Crippen LogP contribution in [0.1, 0.15) is 33.3 Å². The Bertz CT molecular complexity index is 1480. The number of hydrogen-bond donors (Lipinski definition) is 0. The number of carbonyl (C=O) groups is 1. The number of oxazole rings is 1. The summed E-state index contributed by atoms with van der Waals surface area (Å²) in [4.78, 5) is 24.8. The van der Waals surface area contributed by atoms with Crippen LogP contribution >= 0.6 is 0 Å². The number of carbonyl (C=O) groups excluding carboxylic acids is 1. The maximum absolute atomic E-state index is 13.9. The summed E-state index contributed by atoms with van der Waals surface area (Å²) in [6.45, 7) is 4.68. The molecule has 0 aliphatic carbocycles. The van der Waals surface area contributed by atoms with Crippen LogP contribution in [0.15, 0.2) is 65.4 Å². The molecule has 0 spiro atoms. The lowest BCUT2D eigenvalue weighted by molar-refractivity contribution is 0.0718. The Hall–Kier alpha value is -4.20. The highest BCUT2D eigenvalue weighted by atomic mass is 16.3. The molecule has 0 fully saturated rings. The molecular weight excluding hydrogens is 428 g/mol. The molecule has 0 saturated heterocycles. The molecule has 3 aromatic heterocycles. The number of nitrogens with zero attached hydrogens (tertiary/aromatic N) is 6. The van der Waals surface area contributed by atoms with E-state index in [2.05, 4.69) is 10.1 Å². The number of rotatable bonds is 6. The number of amides is 1. The summed E-state index contributed by atoms with van der Waals surface area (Å²) >= 11 is 0. The zero-order valence-electron chi connectivity index (χ0n) is 19.7. The first-order valence-corrected chi connectivity index (χ1v) is 11.1.